The molecule has 0 aliphatic heterocycles. The number of aliphatic hydroxyl groups excluding tert-OH is 1. The van der Waals surface area contributed by atoms with Crippen molar-refractivity contribution in [2.24, 2.45) is 11.8 Å². The van der Waals surface area contributed by atoms with E-state index in [1.165, 1.54) is 19.3 Å². The Morgan fingerprint density at radius 3 is 2.55 bits per heavy atom. The Morgan fingerprint density at radius 1 is 1.36 bits per heavy atom. The van der Waals surface area contributed by atoms with Crippen molar-refractivity contribution in [1.29, 1.82) is 0 Å². The molecule has 3 atom stereocenters. The van der Waals surface area contributed by atoms with Gasteiger partial charge in [-0.25, -0.2) is 0 Å². The molecule has 0 bridgehead atoms. The smallest absolute Gasteiger partial charge is 0.0582 e. The van der Waals surface area contributed by atoms with Gasteiger partial charge in [-0.15, -0.1) is 0 Å². The molecule has 0 saturated heterocycles. The van der Waals surface area contributed by atoms with E-state index in [9.17, 15) is 0 Å². The van der Waals surface area contributed by atoms with Crippen LogP contribution in [0, 0.1) is 11.8 Å². The van der Waals surface area contributed by atoms with E-state index in [1.807, 2.05) is 6.92 Å². The Kier molecular flexibility index (Phi) is 1.90. The second kappa shape index (κ2) is 2.76. The van der Waals surface area contributed by atoms with Gasteiger partial charge in [-0.05, 0) is 38.0 Å². The van der Waals surface area contributed by atoms with Gasteiger partial charge in [-0.1, -0.05) is 0 Å². The summed E-state index contributed by atoms with van der Waals surface area (Å²) in [4.78, 5) is 0. The van der Waals surface area contributed by atoms with Crippen LogP contribution in [0.1, 0.15) is 26.2 Å². The number of fused-ring (bicyclic) bond motifs is 1. The van der Waals surface area contributed by atoms with Gasteiger partial charge in [0, 0.05) is 12.1 Å². The predicted octanol–water partition coefficient (Wildman–Crippen LogP) is 0.755. The Labute approximate surface area is 68.0 Å². The molecule has 2 aliphatic rings. The van der Waals surface area contributed by atoms with E-state index < -0.39 is 0 Å². The summed E-state index contributed by atoms with van der Waals surface area (Å²) >= 11 is 0. The highest BCUT2D eigenvalue weighted by Crippen LogP contribution is 2.51. The molecular weight excluding hydrogens is 138 g/mol. The normalized spacial score (nSPS) is 43.6. The van der Waals surface area contributed by atoms with E-state index in [0.29, 0.717) is 6.04 Å². The molecule has 0 aromatic rings. The van der Waals surface area contributed by atoms with Crippen molar-refractivity contribution in [3.63, 3.8) is 0 Å². The number of rotatable bonds is 3. The van der Waals surface area contributed by atoms with Gasteiger partial charge in [-0.3, -0.25) is 0 Å². The van der Waals surface area contributed by atoms with Crippen LogP contribution in [-0.4, -0.2) is 23.8 Å². The average molecular weight is 155 g/mol. The highest BCUT2D eigenvalue weighted by atomic mass is 16.3. The van der Waals surface area contributed by atoms with Crippen molar-refractivity contribution >= 4 is 0 Å². The molecular formula is C9H17NO. The Morgan fingerprint density at radius 2 is 2.00 bits per heavy atom. The Bertz CT molecular complexity index is 138. The standard InChI is InChI=1S/C9H17NO/c1-6(5-11)10-9-3-7-2-8(7)4-9/h6-11H,2-5H2,1H3. The minimum absolute atomic E-state index is 0.270. The first-order valence-corrected chi connectivity index (χ1v) is 4.66. The van der Waals surface area contributed by atoms with Gasteiger partial charge >= 0.3 is 0 Å². The van der Waals surface area contributed by atoms with Gasteiger partial charge < -0.3 is 10.4 Å². The molecule has 64 valence electrons. The van der Waals surface area contributed by atoms with Crippen LogP contribution in [0.15, 0.2) is 0 Å². The SMILES string of the molecule is CC(CO)NC1CC2CC2C1. The molecule has 2 nitrogen and oxygen atoms in total. The molecule has 2 fully saturated rings. The zero-order chi connectivity index (χ0) is 7.84. The van der Waals surface area contributed by atoms with Crippen LogP contribution >= 0.6 is 0 Å². The van der Waals surface area contributed by atoms with Crippen molar-refractivity contribution in [3.8, 4) is 0 Å². The zero-order valence-corrected chi connectivity index (χ0v) is 7.09. The molecule has 11 heavy (non-hydrogen) atoms. The third-order valence-corrected chi connectivity index (χ3v) is 3.04. The molecule has 0 radical (unpaired) electrons. The molecule has 2 heteroatoms. The largest absolute Gasteiger partial charge is 0.395 e. The summed E-state index contributed by atoms with van der Waals surface area (Å²) in [6.45, 7) is 2.32. The number of aliphatic hydroxyl groups is 1. The van der Waals surface area contributed by atoms with Gasteiger partial charge in [0.1, 0.15) is 0 Å². The monoisotopic (exact) mass is 155 g/mol. The van der Waals surface area contributed by atoms with Gasteiger partial charge in [-0.2, -0.15) is 0 Å². The summed E-state index contributed by atoms with van der Waals surface area (Å²) in [5, 5.41) is 12.2. The second-order valence-electron chi connectivity index (χ2n) is 4.17. The summed E-state index contributed by atoms with van der Waals surface area (Å²) in [7, 11) is 0. The number of hydrogen-bond acceptors (Lipinski definition) is 2. The van der Waals surface area contributed by atoms with E-state index in [2.05, 4.69) is 5.32 Å². The summed E-state index contributed by atoms with van der Waals surface area (Å²) in [5.74, 6) is 2.08. The Hall–Kier alpha value is -0.0800. The molecule has 2 saturated carbocycles. The molecule has 0 heterocycles. The lowest BCUT2D eigenvalue weighted by molar-refractivity contribution is 0.238. The summed E-state index contributed by atoms with van der Waals surface area (Å²) < 4.78 is 0. The van der Waals surface area contributed by atoms with Gasteiger partial charge in [0.25, 0.3) is 0 Å². The molecule has 3 unspecified atom stereocenters. The summed E-state index contributed by atoms with van der Waals surface area (Å²) in [6, 6.07) is 0.999. The topological polar surface area (TPSA) is 32.3 Å². The Balaban J connectivity index is 1.71. The fourth-order valence-corrected chi connectivity index (χ4v) is 2.31. The van der Waals surface area contributed by atoms with Gasteiger partial charge in [0.05, 0.1) is 6.61 Å². The summed E-state index contributed by atoms with van der Waals surface area (Å²) in [5.41, 5.74) is 0. The lowest BCUT2D eigenvalue weighted by Crippen LogP contribution is -2.37. The lowest BCUT2D eigenvalue weighted by Gasteiger charge is -2.18. The van der Waals surface area contributed by atoms with Crippen LogP contribution in [0.4, 0.5) is 0 Å². The maximum atomic E-state index is 8.81. The van der Waals surface area contributed by atoms with E-state index in [1.54, 1.807) is 0 Å². The van der Waals surface area contributed by atoms with Crippen LogP contribution in [0.25, 0.3) is 0 Å². The summed E-state index contributed by atoms with van der Waals surface area (Å²) in [6.07, 6.45) is 4.19. The van der Waals surface area contributed by atoms with Gasteiger partial charge in [0.15, 0.2) is 0 Å². The van der Waals surface area contributed by atoms with Crippen LogP contribution in [-0.2, 0) is 0 Å². The van der Waals surface area contributed by atoms with Crippen LogP contribution < -0.4 is 5.32 Å². The molecule has 0 amide bonds. The minimum atomic E-state index is 0.270. The van der Waals surface area contributed by atoms with Crippen molar-refractivity contribution in [2.75, 3.05) is 6.61 Å². The zero-order valence-electron chi connectivity index (χ0n) is 7.09. The predicted molar refractivity (Wildman–Crippen MR) is 44.3 cm³/mol. The third kappa shape index (κ3) is 1.57. The highest BCUT2D eigenvalue weighted by Gasteiger charge is 2.45. The molecule has 0 aromatic heterocycles. The lowest BCUT2D eigenvalue weighted by atomic mass is 10.1. The maximum absolute atomic E-state index is 8.81. The van der Waals surface area contributed by atoms with Crippen molar-refractivity contribution in [2.45, 2.75) is 38.3 Å². The first-order valence-electron chi connectivity index (χ1n) is 4.66. The van der Waals surface area contributed by atoms with Crippen molar-refractivity contribution in [3.05, 3.63) is 0 Å². The molecule has 2 N–H and O–H groups in total. The second-order valence-corrected chi connectivity index (χ2v) is 4.17. The van der Waals surface area contributed by atoms with Gasteiger partial charge in [0.2, 0.25) is 0 Å². The van der Waals surface area contributed by atoms with Crippen LogP contribution in [0.2, 0.25) is 0 Å². The quantitative estimate of drug-likeness (QED) is 0.630. The maximum Gasteiger partial charge on any atom is 0.0582 e. The minimum Gasteiger partial charge on any atom is -0.395 e. The first kappa shape index (κ1) is 7.56. The molecule has 0 aromatic carbocycles. The van der Waals surface area contributed by atoms with Crippen molar-refractivity contribution < 1.29 is 5.11 Å². The van der Waals surface area contributed by atoms with Crippen LogP contribution in [0.3, 0.4) is 0 Å². The van der Waals surface area contributed by atoms with E-state index >= 15 is 0 Å². The average Bonchev–Trinajstić information content (AvgIpc) is 2.60. The number of nitrogens with one attached hydrogen (secondary N) is 1. The highest BCUT2D eigenvalue weighted by molar-refractivity contribution is 4.99. The van der Waals surface area contributed by atoms with Crippen LogP contribution in [0.5, 0.6) is 0 Å². The molecule has 2 aliphatic carbocycles. The van der Waals surface area contributed by atoms with E-state index in [4.69, 9.17) is 5.11 Å². The third-order valence-electron chi connectivity index (χ3n) is 3.04. The van der Waals surface area contributed by atoms with E-state index in [0.717, 1.165) is 11.8 Å². The first-order chi connectivity index (χ1) is 5.29. The number of hydrogen-bond donors (Lipinski definition) is 2. The van der Waals surface area contributed by atoms with E-state index in [-0.39, 0.29) is 12.6 Å². The molecule has 0 spiro atoms. The van der Waals surface area contributed by atoms with Crippen molar-refractivity contribution in [1.82, 2.24) is 5.32 Å². The molecule has 2 rings (SSSR count). The fourth-order valence-electron chi connectivity index (χ4n) is 2.31. The fraction of sp³-hybridized carbons (Fsp3) is 1.00.